The fourth-order valence-electron chi connectivity index (χ4n) is 0.867. The molecule has 0 unspecified atom stereocenters. The second-order valence-electron chi connectivity index (χ2n) is 4.15. The number of nitrogens with zero attached hydrogens (tertiary/aromatic N) is 1. The number of carbonyl (C=O) groups is 1. The van der Waals surface area contributed by atoms with Gasteiger partial charge in [-0.15, -0.1) is 0 Å². The molecule has 0 atom stereocenters. The van der Waals surface area contributed by atoms with E-state index in [0.717, 1.165) is 6.20 Å². The Morgan fingerprint density at radius 3 is 2.41 bits per heavy atom. The molecule has 17 heavy (non-hydrogen) atoms. The first kappa shape index (κ1) is 13.8. The molecule has 1 aromatic rings. The van der Waals surface area contributed by atoms with E-state index in [9.17, 15) is 18.0 Å². The van der Waals surface area contributed by atoms with Crippen molar-refractivity contribution >= 4 is 22.4 Å². The highest BCUT2D eigenvalue weighted by Gasteiger charge is 2.34. The van der Waals surface area contributed by atoms with Gasteiger partial charge < -0.3 is 4.74 Å². The largest absolute Gasteiger partial charge is 0.444 e. The molecule has 0 aromatic carbocycles. The fourth-order valence-corrected chi connectivity index (χ4v) is 1.54. The van der Waals surface area contributed by atoms with E-state index in [2.05, 4.69) is 10.3 Å². The van der Waals surface area contributed by atoms with Crippen LogP contribution in [0.5, 0.6) is 0 Å². The number of halogens is 3. The predicted octanol–water partition coefficient (Wildman–Crippen LogP) is 3.51. The van der Waals surface area contributed by atoms with Crippen molar-refractivity contribution in [2.24, 2.45) is 0 Å². The normalized spacial score (nSPS) is 12.4. The van der Waals surface area contributed by atoms with Crippen LogP contribution in [-0.4, -0.2) is 16.7 Å². The summed E-state index contributed by atoms with van der Waals surface area (Å²) < 4.78 is 41.5. The van der Waals surface area contributed by atoms with Crippen LogP contribution in [0.4, 0.5) is 23.0 Å². The van der Waals surface area contributed by atoms with E-state index in [1.807, 2.05) is 0 Å². The molecule has 0 saturated carbocycles. The van der Waals surface area contributed by atoms with Gasteiger partial charge in [0.15, 0.2) is 5.01 Å². The van der Waals surface area contributed by atoms with Gasteiger partial charge in [0, 0.05) is 0 Å². The van der Waals surface area contributed by atoms with E-state index >= 15 is 0 Å². The highest BCUT2D eigenvalue weighted by atomic mass is 32.1. The third-order valence-electron chi connectivity index (χ3n) is 1.37. The lowest BCUT2D eigenvalue weighted by Gasteiger charge is -2.19. The summed E-state index contributed by atoms with van der Waals surface area (Å²) in [6, 6.07) is 0. The maximum absolute atomic E-state index is 12.2. The third kappa shape index (κ3) is 4.59. The van der Waals surface area contributed by atoms with Crippen LogP contribution in [-0.2, 0) is 10.9 Å². The maximum atomic E-state index is 12.2. The van der Waals surface area contributed by atoms with Crippen LogP contribution in [0.1, 0.15) is 25.8 Å². The van der Waals surface area contributed by atoms with E-state index in [-0.39, 0.29) is 5.00 Å². The van der Waals surface area contributed by atoms with Crippen LogP contribution in [0.2, 0.25) is 0 Å². The third-order valence-corrected chi connectivity index (χ3v) is 2.33. The van der Waals surface area contributed by atoms with E-state index in [1.165, 1.54) is 0 Å². The Kier molecular flexibility index (Phi) is 3.65. The fraction of sp³-hybridized carbons (Fsp3) is 0.556. The Bertz CT molecular complexity index is 409. The van der Waals surface area contributed by atoms with Crippen molar-refractivity contribution in [1.29, 1.82) is 0 Å². The van der Waals surface area contributed by atoms with Gasteiger partial charge in [-0.05, 0) is 20.8 Å². The van der Waals surface area contributed by atoms with Gasteiger partial charge in [-0.3, -0.25) is 5.32 Å². The molecule has 1 N–H and O–H groups in total. The number of amides is 1. The van der Waals surface area contributed by atoms with E-state index in [4.69, 9.17) is 4.74 Å². The molecule has 0 aliphatic carbocycles. The van der Waals surface area contributed by atoms with E-state index in [1.54, 1.807) is 20.8 Å². The minimum absolute atomic E-state index is 0.00780. The van der Waals surface area contributed by atoms with Crippen molar-refractivity contribution < 1.29 is 22.7 Å². The van der Waals surface area contributed by atoms with Gasteiger partial charge in [-0.1, -0.05) is 11.3 Å². The summed E-state index contributed by atoms with van der Waals surface area (Å²) >= 11 is 0.346. The SMILES string of the molecule is CC(C)(C)OC(=O)Nc1cnc(C(F)(F)F)s1. The average molecular weight is 268 g/mol. The standard InChI is InChI=1S/C9H11F3N2O2S/c1-8(2,3)16-7(15)14-5-4-13-6(17-5)9(10,11)12/h4H,1-3H3,(H,14,15). The van der Waals surface area contributed by atoms with Crippen LogP contribution >= 0.6 is 11.3 Å². The van der Waals surface area contributed by atoms with Crippen LogP contribution in [0, 0.1) is 0 Å². The smallest absolute Gasteiger partial charge is 0.443 e. The second-order valence-corrected chi connectivity index (χ2v) is 5.18. The zero-order valence-corrected chi connectivity index (χ0v) is 10.2. The molecule has 0 aliphatic heterocycles. The van der Waals surface area contributed by atoms with Gasteiger partial charge in [-0.25, -0.2) is 9.78 Å². The van der Waals surface area contributed by atoms with Crippen LogP contribution in [0.15, 0.2) is 6.20 Å². The summed E-state index contributed by atoms with van der Waals surface area (Å²) in [6.07, 6.45) is -4.37. The first-order chi connectivity index (χ1) is 7.58. The molecule has 0 saturated heterocycles. The number of rotatable bonds is 1. The minimum Gasteiger partial charge on any atom is -0.444 e. The quantitative estimate of drug-likeness (QED) is 0.848. The lowest BCUT2D eigenvalue weighted by molar-refractivity contribution is -0.137. The van der Waals surface area contributed by atoms with Crippen molar-refractivity contribution in [3.63, 3.8) is 0 Å². The number of hydrogen-bond donors (Lipinski definition) is 1. The Hall–Kier alpha value is -1.31. The number of thiazole rings is 1. The number of hydrogen-bond acceptors (Lipinski definition) is 4. The zero-order chi connectivity index (χ0) is 13.3. The maximum Gasteiger partial charge on any atom is 0.443 e. The Labute approximate surface area is 99.8 Å². The first-order valence-electron chi connectivity index (χ1n) is 4.61. The summed E-state index contributed by atoms with van der Waals surface area (Å²) in [6.45, 7) is 4.96. The van der Waals surface area contributed by atoms with Crippen LogP contribution in [0.25, 0.3) is 0 Å². The highest BCUT2D eigenvalue weighted by Crippen LogP contribution is 2.34. The molecule has 1 aromatic heterocycles. The molecule has 0 radical (unpaired) electrons. The van der Waals surface area contributed by atoms with Crippen molar-refractivity contribution in [2.45, 2.75) is 32.5 Å². The predicted molar refractivity (Wildman–Crippen MR) is 57.0 cm³/mol. The topological polar surface area (TPSA) is 51.2 Å². The van der Waals surface area contributed by atoms with Crippen molar-refractivity contribution in [3.05, 3.63) is 11.2 Å². The van der Waals surface area contributed by atoms with Gasteiger partial charge in [0.25, 0.3) is 0 Å². The Balaban J connectivity index is 2.65. The Morgan fingerprint density at radius 2 is 2.00 bits per heavy atom. The highest BCUT2D eigenvalue weighted by molar-refractivity contribution is 7.15. The summed E-state index contributed by atoms with van der Waals surface area (Å²) in [7, 11) is 0. The van der Waals surface area contributed by atoms with Crippen LogP contribution in [0.3, 0.4) is 0 Å². The van der Waals surface area contributed by atoms with E-state index in [0.29, 0.717) is 11.3 Å². The zero-order valence-electron chi connectivity index (χ0n) is 9.38. The lowest BCUT2D eigenvalue weighted by atomic mass is 10.2. The molecule has 0 fully saturated rings. The number of anilines is 1. The summed E-state index contributed by atoms with van der Waals surface area (Å²) in [5.41, 5.74) is -0.707. The van der Waals surface area contributed by atoms with Gasteiger partial charge in [0.2, 0.25) is 0 Å². The van der Waals surface area contributed by atoms with E-state index < -0.39 is 22.9 Å². The Morgan fingerprint density at radius 1 is 1.41 bits per heavy atom. The summed E-state index contributed by atoms with van der Waals surface area (Å²) in [4.78, 5) is 14.4. The molecule has 0 aliphatic rings. The molecular formula is C9H11F3N2O2S. The number of ether oxygens (including phenoxy) is 1. The van der Waals surface area contributed by atoms with Gasteiger partial charge in [0.05, 0.1) is 6.20 Å². The average Bonchev–Trinajstić information content (AvgIpc) is 2.47. The van der Waals surface area contributed by atoms with Crippen molar-refractivity contribution in [2.75, 3.05) is 5.32 Å². The number of nitrogens with one attached hydrogen (secondary N) is 1. The monoisotopic (exact) mass is 268 g/mol. The summed E-state index contributed by atoms with van der Waals surface area (Å²) in [5.74, 6) is 0. The minimum atomic E-state index is -4.50. The summed E-state index contributed by atoms with van der Waals surface area (Å²) in [5, 5.41) is 1.17. The molecule has 1 amide bonds. The van der Waals surface area contributed by atoms with Crippen molar-refractivity contribution in [1.82, 2.24) is 4.98 Å². The molecule has 0 bridgehead atoms. The number of aromatic nitrogens is 1. The molecule has 8 heteroatoms. The molecular weight excluding hydrogens is 257 g/mol. The number of carbonyl (C=O) groups excluding carboxylic acids is 1. The van der Waals surface area contributed by atoms with Crippen LogP contribution < -0.4 is 5.32 Å². The van der Waals surface area contributed by atoms with Crippen molar-refractivity contribution in [3.8, 4) is 0 Å². The first-order valence-corrected chi connectivity index (χ1v) is 5.42. The molecule has 96 valence electrons. The van der Waals surface area contributed by atoms with Gasteiger partial charge in [-0.2, -0.15) is 13.2 Å². The second kappa shape index (κ2) is 4.52. The molecule has 1 rings (SSSR count). The number of alkyl halides is 3. The lowest BCUT2D eigenvalue weighted by Crippen LogP contribution is -2.26. The van der Waals surface area contributed by atoms with Gasteiger partial charge >= 0.3 is 12.3 Å². The van der Waals surface area contributed by atoms with Gasteiger partial charge in [0.1, 0.15) is 10.6 Å². The molecule has 4 nitrogen and oxygen atoms in total. The molecule has 0 spiro atoms. The molecule has 1 heterocycles.